The van der Waals surface area contributed by atoms with Crippen molar-refractivity contribution < 1.29 is 14.5 Å². The highest BCUT2D eigenvalue weighted by atomic mass is 16.6. The van der Waals surface area contributed by atoms with Gasteiger partial charge in [-0.25, -0.2) is 0 Å². The second kappa shape index (κ2) is 6.00. The van der Waals surface area contributed by atoms with E-state index in [4.69, 9.17) is 0 Å². The molecule has 6 nitrogen and oxygen atoms in total. The number of hydrogen-bond acceptors (Lipinski definition) is 5. The molecule has 0 aliphatic carbocycles. The zero-order valence-corrected chi connectivity index (χ0v) is 10.7. The average Bonchev–Trinajstić information content (AvgIpc) is 2.34. The van der Waals surface area contributed by atoms with Crippen LogP contribution in [-0.4, -0.2) is 31.1 Å². The second-order valence-corrected chi connectivity index (χ2v) is 3.79. The van der Waals surface area contributed by atoms with Crippen molar-refractivity contribution in [3.63, 3.8) is 0 Å². The summed E-state index contributed by atoms with van der Waals surface area (Å²) < 4.78 is 4.58. The van der Waals surface area contributed by atoms with E-state index in [1.54, 1.807) is 30.0 Å². The van der Waals surface area contributed by atoms with Crippen LogP contribution in [0.5, 0.6) is 0 Å². The van der Waals surface area contributed by atoms with Crippen LogP contribution >= 0.6 is 0 Å². The minimum Gasteiger partial charge on any atom is -0.468 e. The molecule has 98 valence electrons. The van der Waals surface area contributed by atoms with Crippen molar-refractivity contribution >= 4 is 17.3 Å². The largest absolute Gasteiger partial charge is 0.468 e. The molecule has 0 N–H and O–H groups in total. The standard InChI is InChI=1S/C12H16N2O4/c1-4-13(8-11(15)18-3)10-7-5-6-9(2)12(10)14(16)17/h5-7H,4,8H2,1-3H3. The average molecular weight is 252 g/mol. The summed E-state index contributed by atoms with van der Waals surface area (Å²) in [6.07, 6.45) is 0. The van der Waals surface area contributed by atoms with E-state index >= 15 is 0 Å². The lowest BCUT2D eigenvalue weighted by Crippen LogP contribution is -2.30. The third kappa shape index (κ3) is 2.97. The van der Waals surface area contributed by atoms with Crippen molar-refractivity contribution in [3.8, 4) is 0 Å². The van der Waals surface area contributed by atoms with Gasteiger partial charge in [0.05, 0.1) is 12.0 Å². The fraction of sp³-hybridized carbons (Fsp3) is 0.417. The van der Waals surface area contributed by atoms with Crippen LogP contribution in [0.4, 0.5) is 11.4 Å². The minimum atomic E-state index is -0.426. The van der Waals surface area contributed by atoms with Crippen molar-refractivity contribution in [3.05, 3.63) is 33.9 Å². The number of ether oxygens (including phenoxy) is 1. The summed E-state index contributed by atoms with van der Waals surface area (Å²) in [7, 11) is 1.29. The number of para-hydroxylation sites is 1. The maximum absolute atomic E-state index is 11.3. The molecule has 0 aromatic heterocycles. The molecule has 6 heteroatoms. The van der Waals surface area contributed by atoms with E-state index in [0.29, 0.717) is 17.8 Å². The Balaban J connectivity index is 3.17. The molecule has 0 atom stereocenters. The summed E-state index contributed by atoms with van der Waals surface area (Å²) in [4.78, 5) is 23.6. The van der Waals surface area contributed by atoms with Crippen LogP contribution in [0.1, 0.15) is 12.5 Å². The number of nitro benzene ring substituents is 1. The Morgan fingerprint density at radius 1 is 1.50 bits per heavy atom. The number of anilines is 1. The highest BCUT2D eigenvalue weighted by molar-refractivity contribution is 5.78. The van der Waals surface area contributed by atoms with Crippen molar-refractivity contribution in [2.75, 3.05) is 25.1 Å². The zero-order valence-electron chi connectivity index (χ0n) is 10.7. The first-order chi connectivity index (χ1) is 8.51. The first kappa shape index (κ1) is 14.0. The Morgan fingerprint density at radius 2 is 2.17 bits per heavy atom. The van der Waals surface area contributed by atoms with Gasteiger partial charge in [0.1, 0.15) is 12.2 Å². The van der Waals surface area contributed by atoms with Crippen LogP contribution < -0.4 is 4.90 Å². The lowest BCUT2D eigenvalue weighted by atomic mass is 10.1. The summed E-state index contributed by atoms with van der Waals surface area (Å²) in [5.74, 6) is -0.423. The second-order valence-electron chi connectivity index (χ2n) is 3.79. The van der Waals surface area contributed by atoms with Gasteiger partial charge in [0.25, 0.3) is 5.69 Å². The Labute approximate surface area is 105 Å². The summed E-state index contributed by atoms with van der Waals surface area (Å²) in [5.41, 5.74) is 1.04. The van der Waals surface area contributed by atoms with Gasteiger partial charge >= 0.3 is 5.97 Å². The normalized spacial score (nSPS) is 9.94. The first-order valence-corrected chi connectivity index (χ1v) is 5.57. The molecule has 0 fully saturated rings. The molecule has 1 aromatic rings. The third-order valence-electron chi connectivity index (χ3n) is 2.67. The molecule has 0 saturated heterocycles. The number of hydrogen-bond donors (Lipinski definition) is 0. The fourth-order valence-electron chi connectivity index (χ4n) is 1.72. The van der Waals surface area contributed by atoms with Gasteiger partial charge in [-0.3, -0.25) is 14.9 Å². The molecule has 1 aromatic carbocycles. The SMILES string of the molecule is CCN(CC(=O)OC)c1cccc(C)c1[N+](=O)[O-]. The number of likely N-dealkylation sites (N-methyl/N-ethyl adjacent to an activating group) is 1. The molecular weight excluding hydrogens is 236 g/mol. The smallest absolute Gasteiger partial charge is 0.325 e. The molecule has 0 unspecified atom stereocenters. The number of carbonyl (C=O) groups is 1. The van der Waals surface area contributed by atoms with Gasteiger partial charge in [-0.1, -0.05) is 12.1 Å². The lowest BCUT2D eigenvalue weighted by molar-refractivity contribution is -0.384. The van der Waals surface area contributed by atoms with Crippen LogP contribution in [0, 0.1) is 17.0 Å². The molecule has 0 amide bonds. The quantitative estimate of drug-likeness (QED) is 0.454. The predicted molar refractivity (Wildman–Crippen MR) is 67.7 cm³/mol. The van der Waals surface area contributed by atoms with Gasteiger partial charge in [0.15, 0.2) is 0 Å². The predicted octanol–water partition coefficient (Wildman–Crippen LogP) is 1.90. The van der Waals surface area contributed by atoms with Crippen molar-refractivity contribution in [1.82, 2.24) is 0 Å². The van der Waals surface area contributed by atoms with E-state index in [-0.39, 0.29) is 12.2 Å². The molecule has 1 rings (SSSR count). The van der Waals surface area contributed by atoms with E-state index in [0.717, 1.165) is 0 Å². The maximum Gasteiger partial charge on any atom is 0.325 e. The topological polar surface area (TPSA) is 72.7 Å². The summed E-state index contributed by atoms with van der Waals surface area (Å²) >= 11 is 0. The highest BCUT2D eigenvalue weighted by Gasteiger charge is 2.22. The number of aryl methyl sites for hydroxylation is 1. The molecular formula is C12H16N2O4. The van der Waals surface area contributed by atoms with Crippen molar-refractivity contribution in [2.24, 2.45) is 0 Å². The fourth-order valence-corrected chi connectivity index (χ4v) is 1.72. The molecule has 18 heavy (non-hydrogen) atoms. The molecule has 0 radical (unpaired) electrons. The van der Waals surface area contributed by atoms with Gasteiger partial charge < -0.3 is 9.64 Å². The maximum atomic E-state index is 11.3. The van der Waals surface area contributed by atoms with Gasteiger partial charge in [0.2, 0.25) is 0 Å². The van der Waals surface area contributed by atoms with Crippen LogP contribution in [-0.2, 0) is 9.53 Å². The Hall–Kier alpha value is -2.11. The Bertz CT molecular complexity index is 459. The number of nitrogens with zero attached hydrogens (tertiary/aromatic N) is 2. The summed E-state index contributed by atoms with van der Waals surface area (Å²) in [6, 6.07) is 5.04. The Kier molecular flexibility index (Phi) is 4.65. The van der Waals surface area contributed by atoms with Crippen LogP contribution in [0.2, 0.25) is 0 Å². The summed E-state index contributed by atoms with van der Waals surface area (Å²) in [5, 5.41) is 11.1. The third-order valence-corrected chi connectivity index (χ3v) is 2.67. The summed E-state index contributed by atoms with van der Waals surface area (Å²) in [6.45, 7) is 3.99. The molecule has 0 heterocycles. The van der Waals surface area contributed by atoms with Crippen LogP contribution in [0.3, 0.4) is 0 Å². The van der Waals surface area contributed by atoms with Crippen LogP contribution in [0.25, 0.3) is 0 Å². The van der Waals surface area contributed by atoms with Crippen LogP contribution in [0.15, 0.2) is 18.2 Å². The highest BCUT2D eigenvalue weighted by Crippen LogP contribution is 2.31. The van der Waals surface area contributed by atoms with E-state index < -0.39 is 10.9 Å². The van der Waals surface area contributed by atoms with E-state index in [1.165, 1.54) is 7.11 Å². The van der Waals surface area contributed by atoms with E-state index in [1.807, 2.05) is 6.92 Å². The van der Waals surface area contributed by atoms with E-state index in [9.17, 15) is 14.9 Å². The molecule has 0 aliphatic rings. The van der Waals surface area contributed by atoms with Gasteiger partial charge in [-0.2, -0.15) is 0 Å². The van der Waals surface area contributed by atoms with E-state index in [2.05, 4.69) is 4.74 Å². The number of methoxy groups -OCH3 is 1. The van der Waals surface area contributed by atoms with Crippen molar-refractivity contribution in [1.29, 1.82) is 0 Å². The number of benzene rings is 1. The molecule has 0 spiro atoms. The molecule has 0 bridgehead atoms. The van der Waals surface area contributed by atoms with Gasteiger partial charge in [-0.05, 0) is 19.9 Å². The monoisotopic (exact) mass is 252 g/mol. The van der Waals surface area contributed by atoms with Gasteiger partial charge in [-0.15, -0.1) is 0 Å². The van der Waals surface area contributed by atoms with Gasteiger partial charge in [0, 0.05) is 12.1 Å². The minimum absolute atomic E-state index is 0.00269. The van der Waals surface area contributed by atoms with Crippen molar-refractivity contribution in [2.45, 2.75) is 13.8 Å². The lowest BCUT2D eigenvalue weighted by Gasteiger charge is -2.21. The number of nitro groups is 1. The number of carbonyl (C=O) groups excluding carboxylic acids is 1. The molecule has 0 saturated carbocycles. The number of rotatable bonds is 5. The first-order valence-electron chi connectivity index (χ1n) is 5.57. The number of esters is 1. The Morgan fingerprint density at radius 3 is 2.67 bits per heavy atom. The zero-order chi connectivity index (χ0) is 13.7. The molecule has 0 aliphatic heterocycles.